The molecule has 2 N–H and O–H groups in total. The molecule has 0 aliphatic carbocycles. The molecule has 1 aromatic heterocycles. The van der Waals surface area contributed by atoms with Crippen molar-refractivity contribution in [1.82, 2.24) is 14.8 Å². The number of nitrogens with two attached hydrogens (primary N) is 1. The molecule has 0 aliphatic heterocycles. The number of halogens is 1. The van der Waals surface area contributed by atoms with E-state index in [9.17, 15) is 4.39 Å². The quantitative estimate of drug-likeness (QED) is 0.767. The van der Waals surface area contributed by atoms with Crippen LogP contribution in [-0.4, -0.2) is 14.8 Å². The van der Waals surface area contributed by atoms with E-state index in [1.54, 1.807) is 10.6 Å². The van der Waals surface area contributed by atoms with Crippen molar-refractivity contribution in [3.8, 4) is 5.69 Å². The fourth-order valence-electron chi connectivity index (χ4n) is 1.28. The molecule has 2 rings (SSSR count). The van der Waals surface area contributed by atoms with Gasteiger partial charge in [0.2, 0.25) is 0 Å². The second-order valence-electron chi connectivity index (χ2n) is 2.85. The summed E-state index contributed by atoms with van der Waals surface area (Å²) in [6, 6.07) is 4.45. The van der Waals surface area contributed by atoms with Gasteiger partial charge in [0, 0.05) is 6.54 Å². The molecule has 2 aromatic rings. The van der Waals surface area contributed by atoms with E-state index in [1.807, 2.05) is 0 Å². The summed E-state index contributed by atoms with van der Waals surface area (Å²) in [5.74, 6) is -0.300. The van der Waals surface area contributed by atoms with Crippen LogP contribution in [-0.2, 0) is 6.54 Å². The Kier molecular flexibility index (Phi) is 2.24. The lowest BCUT2D eigenvalue weighted by molar-refractivity contribution is 0.625. The smallest absolute Gasteiger partial charge is 0.125 e. The van der Waals surface area contributed by atoms with Gasteiger partial charge in [0.15, 0.2) is 0 Å². The summed E-state index contributed by atoms with van der Waals surface area (Å²) in [6.45, 7) is 0.355. The number of nitrogens with zero attached hydrogens (tertiary/aromatic N) is 3. The highest BCUT2D eigenvalue weighted by molar-refractivity contribution is 5.40. The molecule has 0 fully saturated rings. The molecule has 0 radical (unpaired) electrons. The summed E-state index contributed by atoms with van der Waals surface area (Å²) in [7, 11) is 0. The monoisotopic (exact) mass is 192 g/mol. The van der Waals surface area contributed by atoms with Crippen LogP contribution < -0.4 is 5.73 Å². The summed E-state index contributed by atoms with van der Waals surface area (Å²) in [5.41, 5.74) is 7.06. The molecule has 0 unspecified atom stereocenters. The van der Waals surface area contributed by atoms with Gasteiger partial charge >= 0.3 is 0 Å². The van der Waals surface area contributed by atoms with E-state index in [1.165, 1.54) is 24.8 Å². The molecule has 0 aliphatic rings. The van der Waals surface area contributed by atoms with Gasteiger partial charge in [-0.1, -0.05) is 6.07 Å². The van der Waals surface area contributed by atoms with Crippen LogP contribution in [0.1, 0.15) is 5.56 Å². The third kappa shape index (κ3) is 1.49. The van der Waals surface area contributed by atoms with Crippen LogP contribution in [0.25, 0.3) is 5.69 Å². The first kappa shape index (κ1) is 8.83. The lowest BCUT2D eigenvalue weighted by Crippen LogP contribution is -2.03. The average molecular weight is 192 g/mol. The summed E-state index contributed by atoms with van der Waals surface area (Å²) in [6.07, 6.45) is 3.02. The zero-order chi connectivity index (χ0) is 9.97. The SMILES string of the molecule is NCc1ccc(F)cc1-n1cnnc1. The molecule has 0 saturated carbocycles. The van der Waals surface area contributed by atoms with Crippen LogP contribution >= 0.6 is 0 Å². The maximum atomic E-state index is 13.0. The molecular formula is C9H9FN4. The Labute approximate surface area is 80.2 Å². The van der Waals surface area contributed by atoms with Crippen molar-refractivity contribution in [2.45, 2.75) is 6.54 Å². The maximum Gasteiger partial charge on any atom is 0.125 e. The molecule has 4 nitrogen and oxygen atoms in total. The molecule has 14 heavy (non-hydrogen) atoms. The molecular weight excluding hydrogens is 183 g/mol. The first-order chi connectivity index (χ1) is 6.81. The minimum atomic E-state index is -0.300. The van der Waals surface area contributed by atoms with Gasteiger partial charge in [0.05, 0.1) is 5.69 Å². The molecule has 0 bridgehead atoms. The molecule has 5 heteroatoms. The number of aromatic nitrogens is 3. The van der Waals surface area contributed by atoms with Crippen molar-refractivity contribution in [1.29, 1.82) is 0 Å². The Balaban J connectivity index is 2.55. The van der Waals surface area contributed by atoms with E-state index in [-0.39, 0.29) is 5.82 Å². The third-order valence-corrected chi connectivity index (χ3v) is 1.96. The summed E-state index contributed by atoms with van der Waals surface area (Å²) < 4.78 is 14.6. The number of hydrogen-bond acceptors (Lipinski definition) is 3. The molecule has 0 saturated heterocycles. The van der Waals surface area contributed by atoms with Crippen molar-refractivity contribution in [3.05, 3.63) is 42.2 Å². The van der Waals surface area contributed by atoms with E-state index in [0.717, 1.165) is 5.56 Å². The number of rotatable bonds is 2. The zero-order valence-electron chi connectivity index (χ0n) is 7.39. The second-order valence-corrected chi connectivity index (χ2v) is 2.85. The Morgan fingerprint density at radius 2 is 2.00 bits per heavy atom. The van der Waals surface area contributed by atoms with E-state index in [4.69, 9.17) is 5.73 Å². The van der Waals surface area contributed by atoms with E-state index < -0.39 is 0 Å². The molecule has 0 amide bonds. The lowest BCUT2D eigenvalue weighted by atomic mass is 10.1. The minimum absolute atomic E-state index is 0.300. The molecule has 0 atom stereocenters. The van der Waals surface area contributed by atoms with Crippen molar-refractivity contribution in [2.75, 3.05) is 0 Å². The fourth-order valence-corrected chi connectivity index (χ4v) is 1.28. The van der Waals surface area contributed by atoms with Crippen molar-refractivity contribution in [3.63, 3.8) is 0 Å². The Hall–Kier alpha value is -1.75. The summed E-state index contributed by atoms with van der Waals surface area (Å²) in [4.78, 5) is 0. The number of hydrogen-bond donors (Lipinski definition) is 1. The van der Waals surface area contributed by atoms with Gasteiger partial charge < -0.3 is 5.73 Å². The van der Waals surface area contributed by atoms with Crippen molar-refractivity contribution in [2.24, 2.45) is 5.73 Å². The molecule has 1 aromatic carbocycles. The summed E-state index contributed by atoms with van der Waals surface area (Å²) in [5, 5.41) is 7.31. The van der Waals surface area contributed by atoms with Crippen LogP contribution in [0.2, 0.25) is 0 Å². The van der Waals surface area contributed by atoms with Crippen molar-refractivity contribution < 1.29 is 4.39 Å². The van der Waals surface area contributed by atoms with Gasteiger partial charge in [-0.2, -0.15) is 0 Å². The molecule has 72 valence electrons. The standard InChI is InChI=1S/C9H9FN4/c10-8-2-1-7(4-11)9(3-8)14-5-12-13-6-14/h1-3,5-6H,4,11H2. The highest BCUT2D eigenvalue weighted by Gasteiger charge is 2.04. The molecule has 0 spiro atoms. The largest absolute Gasteiger partial charge is 0.326 e. The van der Waals surface area contributed by atoms with Gasteiger partial charge in [0.25, 0.3) is 0 Å². The van der Waals surface area contributed by atoms with Gasteiger partial charge in [-0.25, -0.2) is 4.39 Å². The molecule has 1 heterocycles. The van der Waals surface area contributed by atoms with E-state index >= 15 is 0 Å². The van der Waals surface area contributed by atoms with Crippen LogP contribution in [0.3, 0.4) is 0 Å². The minimum Gasteiger partial charge on any atom is -0.326 e. The lowest BCUT2D eigenvalue weighted by Gasteiger charge is -2.07. The Bertz CT molecular complexity index is 424. The predicted molar refractivity (Wildman–Crippen MR) is 49.2 cm³/mol. The Morgan fingerprint density at radius 1 is 1.29 bits per heavy atom. The topological polar surface area (TPSA) is 56.7 Å². The Morgan fingerprint density at radius 3 is 2.64 bits per heavy atom. The normalized spacial score (nSPS) is 10.4. The van der Waals surface area contributed by atoms with Gasteiger partial charge in [-0.05, 0) is 17.7 Å². The fraction of sp³-hybridized carbons (Fsp3) is 0.111. The van der Waals surface area contributed by atoms with Gasteiger partial charge in [-0.15, -0.1) is 10.2 Å². The van der Waals surface area contributed by atoms with Crippen molar-refractivity contribution >= 4 is 0 Å². The average Bonchev–Trinajstić information content (AvgIpc) is 2.70. The zero-order valence-corrected chi connectivity index (χ0v) is 7.39. The van der Waals surface area contributed by atoms with E-state index in [2.05, 4.69) is 10.2 Å². The first-order valence-electron chi connectivity index (χ1n) is 4.15. The highest BCUT2D eigenvalue weighted by Crippen LogP contribution is 2.14. The van der Waals surface area contributed by atoms with Crippen LogP contribution in [0.5, 0.6) is 0 Å². The second kappa shape index (κ2) is 3.55. The number of benzene rings is 1. The van der Waals surface area contributed by atoms with Crippen LogP contribution in [0.4, 0.5) is 4.39 Å². The van der Waals surface area contributed by atoms with E-state index in [0.29, 0.717) is 12.2 Å². The van der Waals surface area contributed by atoms with Gasteiger partial charge in [-0.3, -0.25) is 4.57 Å². The first-order valence-corrected chi connectivity index (χ1v) is 4.15. The van der Waals surface area contributed by atoms with Crippen LogP contribution in [0, 0.1) is 5.82 Å². The highest BCUT2D eigenvalue weighted by atomic mass is 19.1. The predicted octanol–water partition coefficient (Wildman–Crippen LogP) is 0.865. The summed E-state index contributed by atoms with van der Waals surface area (Å²) >= 11 is 0. The third-order valence-electron chi connectivity index (χ3n) is 1.96. The van der Waals surface area contributed by atoms with Gasteiger partial charge in [0.1, 0.15) is 18.5 Å². The van der Waals surface area contributed by atoms with Crippen LogP contribution in [0.15, 0.2) is 30.9 Å². The maximum absolute atomic E-state index is 13.0.